The van der Waals surface area contributed by atoms with E-state index in [2.05, 4.69) is 31.3 Å². The van der Waals surface area contributed by atoms with Crippen LogP contribution in [0.5, 0.6) is 5.75 Å². The van der Waals surface area contributed by atoms with Crippen LogP contribution < -0.4 is 15.0 Å². The van der Waals surface area contributed by atoms with Gasteiger partial charge in [-0.25, -0.2) is 0 Å². The molecule has 3 rings (SSSR count). The number of piperazine rings is 1. The van der Waals surface area contributed by atoms with Crippen LogP contribution in [0.1, 0.15) is 5.56 Å². The van der Waals surface area contributed by atoms with Gasteiger partial charge in [0.1, 0.15) is 12.3 Å². The molecule has 1 aromatic carbocycles. The number of benzene rings is 1. The molecule has 1 aliphatic rings. The van der Waals surface area contributed by atoms with Gasteiger partial charge in [0.15, 0.2) is 5.96 Å². The molecule has 0 atom stereocenters. The summed E-state index contributed by atoms with van der Waals surface area (Å²) in [7, 11) is 5.21. The zero-order valence-corrected chi connectivity index (χ0v) is 20.0. The molecule has 0 radical (unpaired) electrons. The van der Waals surface area contributed by atoms with Gasteiger partial charge in [-0.3, -0.25) is 14.5 Å². The number of aliphatic imine (C=N–C) groups is 1. The molecular formula is C18H24BrIN6O2. The van der Waals surface area contributed by atoms with E-state index in [0.717, 1.165) is 21.5 Å². The zero-order valence-electron chi connectivity index (χ0n) is 16.1. The fraction of sp³-hybridized carbons (Fsp3) is 0.389. The van der Waals surface area contributed by atoms with Crippen LogP contribution in [0, 0.1) is 0 Å². The Kier molecular flexibility index (Phi) is 8.10. The van der Waals surface area contributed by atoms with Gasteiger partial charge in [-0.15, -0.1) is 24.0 Å². The maximum absolute atomic E-state index is 12.6. The molecule has 0 bridgehead atoms. The van der Waals surface area contributed by atoms with Crippen molar-refractivity contribution >= 4 is 57.5 Å². The third kappa shape index (κ3) is 5.16. The summed E-state index contributed by atoms with van der Waals surface area (Å²) in [4.78, 5) is 20.6. The van der Waals surface area contributed by atoms with Crippen LogP contribution in [0.25, 0.3) is 0 Å². The maximum atomic E-state index is 12.6. The molecule has 8 nitrogen and oxygen atoms in total. The quantitative estimate of drug-likeness (QED) is 0.351. The molecule has 0 spiro atoms. The lowest BCUT2D eigenvalue weighted by Gasteiger charge is -2.35. The number of rotatable bonds is 4. The number of carbonyl (C=O) groups is 1. The SMILES string of the molecule is CN=C(NCc1cc(Br)ccc1OC)N1CCN(c2cnn(C)c2)C(=O)C1.I. The van der Waals surface area contributed by atoms with Crippen LogP contribution in [-0.4, -0.2) is 60.3 Å². The average molecular weight is 563 g/mol. The molecule has 0 aliphatic carbocycles. The smallest absolute Gasteiger partial charge is 0.246 e. The number of amides is 1. The Balaban J connectivity index is 0.00000280. The van der Waals surface area contributed by atoms with Gasteiger partial charge in [-0.2, -0.15) is 5.10 Å². The third-order valence-corrected chi connectivity index (χ3v) is 4.91. The summed E-state index contributed by atoms with van der Waals surface area (Å²) in [5, 5.41) is 7.46. The van der Waals surface area contributed by atoms with E-state index in [1.807, 2.05) is 36.3 Å². The summed E-state index contributed by atoms with van der Waals surface area (Å²) >= 11 is 3.48. The first kappa shape index (κ1) is 22.5. The summed E-state index contributed by atoms with van der Waals surface area (Å²) in [6.07, 6.45) is 3.56. The molecule has 0 unspecified atom stereocenters. The maximum Gasteiger partial charge on any atom is 0.246 e. The van der Waals surface area contributed by atoms with Crippen molar-refractivity contribution in [2.45, 2.75) is 6.54 Å². The monoisotopic (exact) mass is 562 g/mol. The second kappa shape index (κ2) is 10.1. The molecule has 152 valence electrons. The number of nitrogens with one attached hydrogen (secondary N) is 1. The number of hydrogen-bond acceptors (Lipinski definition) is 4. The number of aromatic nitrogens is 2. The predicted molar refractivity (Wildman–Crippen MR) is 123 cm³/mol. The van der Waals surface area contributed by atoms with E-state index >= 15 is 0 Å². The van der Waals surface area contributed by atoms with E-state index in [-0.39, 0.29) is 36.4 Å². The second-order valence-electron chi connectivity index (χ2n) is 6.20. The molecule has 0 saturated carbocycles. The summed E-state index contributed by atoms with van der Waals surface area (Å²) < 4.78 is 8.09. The number of nitrogens with zero attached hydrogens (tertiary/aromatic N) is 5. The number of halogens is 2. The third-order valence-electron chi connectivity index (χ3n) is 4.41. The molecule has 1 N–H and O–H groups in total. The van der Waals surface area contributed by atoms with Crippen molar-refractivity contribution in [3.05, 3.63) is 40.6 Å². The molecule has 2 aromatic rings. The van der Waals surface area contributed by atoms with E-state index in [9.17, 15) is 4.79 Å². The summed E-state index contributed by atoms with van der Waals surface area (Å²) in [6.45, 7) is 2.10. The largest absolute Gasteiger partial charge is 0.496 e. The average Bonchev–Trinajstić information content (AvgIpc) is 3.08. The van der Waals surface area contributed by atoms with E-state index in [4.69, 9.17) is 4.74 Å². The number of carbonyl (C=O) groups excluding carboxylic acids is 1. The van der Waals surface area contributed by atoms with E-state index in [1.54, 1.807) is 29.9 Å². The fourth-order valence-corrected chi connectivity index (χ4v) is 3.48. The van der Waals surface area contributed by atoms with Crippen molar-refractivity contribution in [2.75, 3.05) is 38.7 Å². The van der Waals surface area contributed by atoms with Gasteiger partial charge in [-0.1, -0.05) is 15.9 Å². The van der Waals surface area contributed by atoms with Gasteiger partial charge in [0.2, 0.25) is 5.91 Å². The molecule has 1 fully saturated rings. The topological polar surface area (TPSA) is 75.0 Å². The van der Waals surface area contributed by atoms with Crippen molar-refractivity contribution < 1.29 is 9.53 Å². The van der Waals surface area contributed by atoms with E-state index in [1.165, 1.54) is 0 Å². The number of methoxy groups -OCH3 is 1. The van der Waals surface area contributed by atoms with E-state index < -0.39 is 0 Å². The van der Waals surface area contributed by atoms with Crippen molar-refractivity contribution in [1.29, 1.82) is 0 Å². The molecule has 1 amide bonds. The predicted octanol–water partition coefficient (Wildman–Crippen LogP) is 2.23. The highest BCUT2D eigenvalue weighted by molar-refractivity contribution is 14.0. The van der Waals surface area contributed by atoms with Crippen LogP contribution in [-0.2, 0) is 18.4 Å². The Morgan fingerprint density at radius 1 is 1.39 bits per heavy atom. The Morgan fingerprint density at radius 2 is 2.18 bits per heavy atom. The summed E-state index contributed by atoms with van der Waals surface area (Å²) in [5.74, 6) is 1.52. The van der Waals surface area contributed by atoms with Gasteiger partial charge in [0, 0.05) is 50.0 Å². The number of aryl methyl sites for hydroxylation is 1. The number of guanidine groups is 1. The number of hydrogen-bond donors (Lipinski definition) is 1. The number of anilines is 1. The molecule has 1 saturated heterocycles. The Morgan fingerprint density at radius 3 is 2.79 bits per heavy atom. The van der Waals surface area contributed by atoms with Gasteiger partial charge in [0.25, 0.3) is 0 Å². The van der Waals surface area contributed by atoms with Crippen LogP contribution in [0.2, 0.25) is 0 Å². The lowest BCUT2D eigenvalue weighted by molar-refractivity contribution is -0.120. The molecular weight excluding hydrogens is 539 g/mol. The Labute approximate surface area is 190 Å². The first-order valence-corrected chi connectivity index (χ1v) is 9.38. The molecule has 1 aromatic heterocycles. The Hall–Kier alpha value is -1.82. The lowest BCUT2D eigenvalue weighted by Crippen LogP contribution is -2.55. The highest BCUT2D eigenvalue weighted by atomic mass is 127. The van der Waals surface area contributed by atoms with E-state index in [0.29, 0.717) is 25.6 Å². The van der Waals surface area contributed by atoms with Gasteiger partial charge >= 0.3 is 0 Å². The first-order valence-electron chi connectivity index (χ1n) is 8.59. The standard InChI is InChI=1S/C18H23BrN6O2.HI/c1-20-18(21-9-13-8-14(19)4-5-16(13)27-3)24-6-7-25(17(26)12-24)15-10-22-23(2)11-15;/h4-5,8,10-11H,6-7,9,12H2,1-3H3,(H,20,21);1H. The molecule has 28 heavy (non-hydrogen) atoms. The van der Waals surface area contributed by atoms with Crippen molar-refractivity contribution in [1.82, 2.24) is 20.0 Å². The summed E-state index contributed by atoms with van der Waals surface area (Å²) in [6, 6.07) is 5.86. The lowest BCUT2D eigenvalue weighted by atomic mass is 10.2. The minimum Gasteiger partial charge on any atom is -0.496 e. The first-order chi connectivity index (χ1) is 13.0. The highest BCUT2D eigenvalue weighted by Gasteiger charge is 2.27. The van der Waals surface area contributed by atoms with Crippen molar-refractivity contribution in [2.24, 2.45) is 12.0 Å². The Bertz CT molecular complexity index is 856. The minimum atomic E-state index is 0. The summed E-state index contributed by atoms with van der Waals surface area (Å²) in [5.41, 5.74) is 1.83. The fourth-order valence-electron chi connectivity index (χ4n) is 3.07. The normalized spacial score (nSPS) is 14.7. The van der Waals surface area contributed by atoms with Crippen LogP contribution in [0.3, 0.4) is 0 Å². The molecule has 2 heterocycles. The van der Waals surface area contributed by atoms with Gasteiger partial charge in [0.05, 0.1) is 19.0 Å². The second-order valence-corrected chi connectivity index (χ2v) is 7.11. The number of ether oxygens (including phenoxy) is 1. The zero-order chi connectivity index (χ0) is 19.4. The molecule has 10 heteroatoms. The minimum absolute atomic E-state index is 0. The highest BCUT2D eigenvalue weighted by Crippen LogP contribution is 2.23. The van der Waals surface area contributed by atoms with Crippen LogP contribution in [0.4, 0.5) is 5.69 Å². The van der Waals surface area contributed by atoms with Crippen molar-refractivity contribution in [3.63, 3.8) is 0 Å². The van der Waals surface area contributed by atoms with Crippen LogP contribution in [0.15, 0.2) is 40.1 Å². The molecule has 1 aliphatic heterocycles. The van der Waals surface area contributed by atoms with Gasteiger partial charge in [-0.05, 0) is 18.2 Å². The van der Waals surface area contributed by atoms with Gasteiger partial charge < -0.3 is 19.9 Å². The van der Waals surface area contributed by atoms with Crippen molar-refractivity contribution in [3.8, 4) is 5.75 Å². The van der Waals surface area contributed by atoms with Crippen LogP contribution >= 0.6 is 39.9 Å².